The van der Waals surface area contributed by atoms with E-state index in [4.69, 9.17) is 0 Å². The minimum Gasteiger partial charge on any atom is -0.338 e. The molecule has 118 valence electrons. The third-order valence-electron chi connectivity index (χ3n) is 4.82. The highest BCUT2D eigenvalue weighted by Gasteiger charge is 2.44. The van der Waals surface area contributed by atoms with Crippen LogP contribution in [0.25, 0.3) is 0 Å². The Bertz CT molecular complexity index is 559. The summed E-state index contributed by atoms with van der Waals surface area (Å²) in [4.78, 5) is 25.1. The van der Waals surface area contributed by atoms with E-state index >= 15 is 0 Å². The molecule has 2 aliphatic heterocycles. The van der Waals surface area contributed by atoms with Crippen LogP contribution in [-0.2, 0) is 11.3 Å². The summed E-state index contributed by atoms with van der Waals surface area (Å²) < 4.78 is 0. The molecule has 0 aromatic heterocycles. The number of carbonyl (C=O) groups is 1. The Kier molecular flexibility index (Phi) is 4.11. The van der Waals surface area contributed by atoms with Gasteiger partial charge in [0.25, 0.3) is 5.69 Å². The van der Waals surface area contributed by atoms with Crippen molar-refractivity contribution in [3.63, 3.8) is 0 Å². The molecule has 0 aliphatic carbocycles. The number of hydrogen-bond acceptors (Lipinski definition) is 4. The lowest BCUT2D eigenvalue weighted by atomic mass is 9.73. The van der Waals surface area contributed by atoms with Gasteiger partial charge in [0.15, 0.2) is 0 Å². The van der Waals surface area contributed by atoms with Gasteiger partial charge >= 0.3 is 0 Å². The number of nitro groups is 1. The van der Waals surface area contributed by atoms with Gasteiger partial charge in [0.05, 0.1) is 10.3 Å². The molecular weight excluding hydrogens is 282 g/mol. The van der Waals surface area contributed by atoms with E-state index in [2.05, 4.69) is 5.32 Å². The number of nitro benzene ring substituents is 1. The first kappa shape index (κ1) is 15.0. The molecule has 1 aromatic rings. The van der Waals surface area contributed by atoms with Crippen LogP contribution in [0.4, 0.5) is 5.69 Å². The van der Waals surface area contributed by atoms with E-state index in [1.165, 1.54) is 12.1 Å². The molecule has 2 heterocycles. The number of nitrogens with one attached hydrogen (secondary N) is 1. The molecule has 0 saturated carbocycles. The maximum Gasteiger partial charge on any atom is 0.269 e. The molecule has 1 spiro atoms. The van der Waals surface area contributed by atoms with Crippen LogP contribution in [0.3, 0.4) is 0 Å². The number of hydrogen-bond donors (Lipinski definition) is 1. The standard InChI is InChI=1S/C16H21N3O3/c20-15-16(7-1-9-17-12-16)8-2-10-18(15)11-13-3-5-14(6-4-13)19(21)22/h3-6,17H,1-2,7-12H2. The number of non-ortho nitro benzene ring substituents is 1. The number of carbonyl (C=O) groups excluding carboxylic acids is 1. The van der Waals surface area contributed by atoms with E-state index in [-0.39, 0.29) is 17.0 Å². The second-order valence-corrected chi connectivity index (χ2v) is 6.31. The van der Waals surface area contributed by atoms with Gasteiger partial charge in [-0.25, -0.2) is 0 Å². The molecule has 1 unspecified atom stereocenters. The third-order valence-corrected chi connectivity index (χ3v) is 4.82. The predicted octanol–water partition coefficient (Wildman–Crippen LogP) is 2.09. The highest BCUT2D eigenvalue weighted by atomic mass is 16.6. The zero-order chi connectivity index (χ0) is 15.6. The lowest BCUT2D eigenvalue weighted by Crippen LogP contribution is -2.54. The van der Waals surface area contributed by atoms with Crippen molar-refractivity contribution in [3.8, 4) is 0 Å². The summed E-state index contributed by atoms with van der Waals surface area (Å²) in [5.41, 5.74) is 0.804. The Hall–Kier alpha value is -1.95. The fourth-order valence-electron chi connectivity index (χ4n) is 3.61. The molecule has 1 atom stereocenters. The molecular formula is C16H21N3O3. The highest BCUT2D eigenvalue weighted by Crippen LogP contribution is 2.37. The average Bonchev–Trinajstić information content (AvgIpc) is 2.53. The van der Waals surface area contributed by atoms with Gasteiger partial charge in [-0.3, -0.25) is 14.9 Å². The molecule has 22 heavy (non-hydrogen) atoms. The predicted molar refractivity (Wildman–Crippen MR) is 82.3 cm³/mol. The monoisotopic (exact) mass is 303 g/mol. The molecule has 1 amide bonds. The fraction of sp³-hybridized carbons (Fsp3) is 0.562. The summed E-state index contributed by atoms with van der Waals surface area (Å²) in [5, 5.41) is 14.0. The molecule has 6 heteroatoms. The summed E-state index contributed by atoms with van der Waals surface area (Å²) in [6, 6.07) is 6.49. The van der Waals surface area contributed by atoms with Crippen LogP contribution in [-0.4, -0.2) is 35.4 Å². The lowest BCUT2D eigenvalue weighted by Gasteiger charge is -2.44. The van der Waals surface area contributed by atoms with E-state index < -0.39 is 4.92 Å². The van der Waals surface area contributed by atoms with Crippen LogP contribution >= 0.6 is 0 Å². The maximum atomic E-state index is 12.9. The summed E-state index contributed by atoms with van der Waals surface area (Å²) in [5.74, 6) is 0.240. The summed E-state index contributed by atoms with van der Waals surface area (Å²) >= 11 is 0. The lowest BCUT2D eigenvalue weighted by molar-refractivity contribution is -0.384. The largest absolute Gasteiger partial charge is 0.338 e. The molecule has 2 aliphatic rings. The van der Waals surface area contributed by atoms with Crippen molar-refractivity contribution < 1.29 is 9.72 Å². The SMILES string of the molecule is O=C1N(Cc2ccc([N+](=O)[O-])cc2)CCCC12CCCNC2. The summed E-state index contributed by atoms with van der Waals surface area (Å²) in [7, 11) is 0. The van der Waals surface area contributed by atoms with Crippen molar-refractivity contribution in [2.45, 2.75) is 32.2 Å². The first-order valence-electron chi connectivity index (χ1n) is 7.84. The Balaban J connectivity index is 1.71. The molecule has 6 nitrogen and oxygen atoms in total. The average molecular weight is 303 g/mol. The fourth-order valence-corrected chi connectivity index (χ4v) is 3.61. The maximum absolute atomic E-state index is 12.9. The molecule has 2 fully saturated rings. The van der Waals surface area contributed by atoms with Crippen molar-refractivity contribution >= 4 is 11.6 Å². The van der Waals surface area contributed by atoms with Crippen molar-refractivity contribution in [2.75, 3.05) is 19.6 Å². The van der Waals surface area contributed by atoms with Gasteiger partial charge in [-0.05, 0) is 37.8 Å². The van der Waals surface area contributed by atoms with Crippen LogP contribution in [0.5, 0.6) is 0 Å². The number of nitrogens with zero attached hydrogens (tertiary/aromatic N) is 2. The van der Waals surface area contributed by atoms with Crippen molar-refractivity contribution in [3.05, 3.63) is 39.9 Å². The van der Waals surface area contributed by atoms with Crippen molar-refractivity contribution in [1.82, 2.24) is 10.2 Å². The number of benzene rings is 1. The minimum atomic E-state index is -0.404. The molecule has 3 rings (SSSR count). The van der Waals surface area contributed by atoms with E-state index in [0.717, 1.165) is 50.9 Å². The molecule has 1 aromatic carbocycles. The van der Waals surface area contributed by atoms with Gasteiger partial charge in [-0.15, -0.1) is 0 Å². The molecule has 1 N–H and O–H groups in total. The van der Waals surface area contributed by atoms with Gasteiger partial charge in [0.1, 0.15) is 0 Å². The number of amides is 1. The highest BCUT2D eigenvalue weighted by molar-refractivity contribution is 5.84. The number of likely N-dealkylation sites (tertiary alicyclic amines) is 1. The van der Waals surface area contributed by atoms with E-state index in [9.17, 15) is 14.9 Å². The summed E-state index contributed by atoms with van der Waals surface area (Å²) in [6.07, 6.45) is 4.02. The van der Waals surface area contributed by atoms with Crippen molar-refractivity contribution in [2.24, 2.45) is 5.41 Å². The Morgan fingerprint density at radius 3 is 2.59 bits per heavy atom. The summed E-state index contributed by atoms with van der Waals surface area (Å²) in [6.45, 7) is 3.09. The topological polar surface area (TPSA) is 75.5 Å². The Labute approximate surface area is 129 Å². The second-order valence-electron chi connectivity index (χ2n) is 6.31. The molecule has 0 bridgehead atoms. The van der Waals surface area contributed by atoms with Crippen LogP contribution in [0.2, 0.25) is 0 Å². The first-order valence-corrected chi connectivity index (χ1v) is 7.84. The van der Waals surface area contributed by atoms with E-state index in [0.29, 0.717) is 6.54 Å². The van der Waals surface area contributed by atoms with Gasteiger partial charge in [0, 0.05) is 31.8 Å². The quantitative estimate of drug-likeness (QED) is 0.685. The van der Waals surface area contributed by atoms with Gasteiger partial charge in [0.2, 0.25) is 5.91 Å². The molecule has 2 saturated heterocycles. The Morgan fingerprint density at radius 2 is 1.95 bits per heavy atom. The smallest absolute Gasteiger partial charge is 0.269 e. The van der Waals surface area contributed by atoms with Crippen LogP contribution in [0.15, 0.2) is 24.3 Å². The van der Waals surface area contributed by atoms with Gasteiger partial charge in [-0.1, -0.05) is 12.1 Å². The van der Waals surface area contributed by atoms with Crippen molar-refractivity contribution in [1.29, 1.82) is 0 Å². The third kappa shape index (κ3) is 2.83. The second kappa shape index (κ2) is 6.04. The van der Waals surface area contributed by atoms with Crippen LogP contribution in [0, 0.1) is 15.5 Å². The van der Waals surface area contributed by atoms with E-state index in [1.54, 1.807) is 12.1 Å². The zero-order valence-electron chi connectivity index (χ0n) is 12.6. The first-order chi connectivity index (χ1) is 10.6. The molecule has 0 radical (unpaired) electrons. The number of piperidine rings is 2. The van der Waals surface area contributed by atoms with Gasteiger partial charge in [-0.2, -0.15) is 0 Å². The Morgan fingerprint density at radius 1 is 1.23 bits per heavy atom. The zero-order valence-corrected chi connectivity index (χ0v) is 12.6. The van der Waals surface area contributed by atoms with Crippen LogP contribution < -0.4 is 5.32 Å². The normalized spacial score (nSPS) is 25.5. The van der Waals surface area contributed by atoms with E-state index in [1.807, 2.05) is 4.90 Å². The van der Waals surface area contributed by atoms with Gasteiger partial charge < -0.3 is 10.2 Å². The van der Waals surface area contributed by atoms with Crippen LogP contribution in [0.1, 0.15) is 31.2 Å². The number of rotatable bonds is 3. The minimum absolute atomic E-state index is 0.0849.